The predicted octanol–water partition coefficient (Wildman–Crippen LogP) is 4.33. The average molecular weight is 367 g/mol. The molecule has 4 nitrogen and oxygen atoms in total. The van der Waals surface area contributed by atoms with Gasteiger partial charge in [0.25, 0.3) is 0 Å². The molecule has 0 aliphatic heterocycles. The zero-order chi connectivity index (χ0) is 20.9. The van der Waals surface area contributed by atoms with Crippen molar-refractivity contribution >= 4 is 0 Å². The van der Waals surface area contributed by atoms with Gasteiger partial charge in [-0.15, -0.1) is 6.58 Å². The van der Waals surface area contributed by atoms with E-state index in [0.717, 1.165) is 45.8 Å². The first-order chi connectivity index (χ1) is 12.8. The number of likely N-dealkylation sites (N-methyl/N-ethyl adjacent to an activating group) is 1. The van der Waals surface area contributed by atoms with Gasteiger partial charge in [0.15, 0.2) is 0 Å². The quantitative estimate of drug-likeness (QED) is 0.243. The molecule has 0 bridgehead atoms. The molecule has 0 radical (unpaired) electrons. The third-order valence-corrected chi connectivity index (χ3v) is 2.68. The lowest BCUT2D eigenvalue weighted by Gasteiger charge is -2.17. The van der Waals surface area contributed by atoms with Crippen molar-refractivity contribution in [1.29, 1.82) is 0 Å². The molecule has 0 amide bonds. The molecular weight excluding hydrogens is 320 g/mol. The standard InChI is InChI=1S/C9H18N2.C9H16N2.2C2H6/c1-4-8-11(6-3)9-7-10-5-2;1-3-5-6-7-11-9-8-10-4-2;2*1-2/h4-5,10H,1-2,6-9H2,3H3;3-6,10-11H,1-2,7-9H2;2*1-2H3/b;6-5+;;. The maximum Gasteiger partial charge on any atom is 0.0269 e. The number of rotatable bonds is 14. The number of hydrogen-bond acceptors (Lipinski definition) is 4. The molecule has 0 rings (SSSR count). The molecule has 0 aromatic rings. The molecule has 4 heteroatoms. The van der Waals surface area contributed by atoms with Crippen LogP contribution in [-0.4, -0.2) is 50.7 Å². The fourth-order valence-corrected chi connectivity index (χ4v) is 1.50. The van der Waals surface area contributed by atoms with Gasteiger partial charge in [0.1, 0.15) is 0 Å². The zero-order valence-electron chi connectivity index (χ0n) is 18.2. The van der Waals surface area contributed by atoms with Gasteiger partial charge < -0.3 is 16.0 Å². The van der Waals surface area contributed by atoms with Gasteiger partial charge in [0.05, 0.1) is 0 Å². The Morgan fingerprint density at radius 2 is 1.42 bits per heavy atom. The van der Waals surface area contributed by atoms with E-state index in [0.29, 0.717) is 0 Å². The first-order valence-electron chi connectivity index (χ1n) is 9.76. The molecular formula is C22H46N4. The summed E-state index contributed by atoms with van der Waals surface area (Å²) in [6, 6.07) is 0. The largest absolute Gasteiger partial charge is 0.390 e. The summed E-state index contributed by atoms with van der Waals surface area (Å²) in [5, 5.41) is 9.27. The van der Waals surface area contributed by atoms with Crippen LogP contribution < -0.4 is 16.0 Å². The Hall–Kier alpha value is -1.78. The van der Waals surface area contributed by atoms with Crippen LogP contribution in [0.2, 0.25) is 0 Å². The topological polar surface area (TPSA) is 39.3 Å². The third kappa shape index (κ3) is 38.0. The maximum absolute atomic E-state index is 3.69. The van der Waals surface area contributed by atoms with Crippen LogP contribution in [0.5, 0.6) is 0 Å². The molecule has 26 heavy (non-hydrogen) atoms. The Morgan fingerprint density at radius 3 is 1.88 bits per heavy atom. The van der Waals surface area contributed by atoms with Crippen LogP contribution in [-0.2, 0) is 0 Å². The summed E-state index contributed by atoms with van der Waals surface area (Å²) in [7, 11) is 0. The van der Waals surface area contributed by atoms with Crippen molar-refractivity contribution in [2.75, 3.05) is 45.8 Å². The highest BCUT2D eigenvalue weighted by atomic mass is 15.1. The average Bonchev–Trinajstić information content (AvgIpc) is 2.70. The molecule has 0 unspecified atom stereocenters. The Balaban J connectivity index is -0.000000156. The van der Waals surface area contributed by atoms with Crippen LogP contribution in [0, 0.1) is 0 Å². The molecule has 0 heterocycles. The van der Waals surface area contributed by atoms with Gasteiger partial charge in [-0.05, 0) is 18.9 Å². The fourth-order valence-electron chi connectivity index (χ4n) is 1.50. The summed E-state index contributed by atoms with van der Waals surface area (Å²) >= 11 is 0. The lowest BCUT2D eigenvalue weighted by molar-refractivity contribution is 0.322. The Labute approximate surface area is 164 Å². The fraction of sp³-hybridized carbons (Fsp3) is 0.545. The summed E-state index contributed by atoms with van der Waals surface area (Å²) in [5.74, 6) is 0. The van der Waals surface area contributed by atoms with Crippen molar-refractivity contribution in [3.8, 4) is 0 Å². The van der Waals surface area contributed by atoms with Gasteiger partial charge in [-0.2, -0.15) is 0 Å². The van der Waals surface area contributed by atoms with Crippen LogP contribution in [0.1, 0.15) is 34.6 Å². The minimum atomic E-state index is 0.894. The summed E-state index contributed by atoms with van der Waals surface area (Å²) in [4.78, 5) is 2.31. The highest BCUT2D eigenvalue weighted by Gasteiger charge is 1.96. The lowest BCUT2D eigenvalue weighted by Crippen LogP contribution is -2.30. The van der Waals surface area contributed by atoms with Crippen molar-refractivity contribution in [2.45, 2.75) is 34.6 Å². The van der Waals surface area contributed by atoms with E-state index in [1.165, 1.54) is 0 Å². The van der Waals surface area contributed by atoms with E-state index >= 15 is 0 Å². The molecule has 3 N–H and O–H groups in total. The van der Waals surface area contributed by atoms with E-state index in [1.807, 2.05) is 45.9 Å². The monoisotopic (exact) mass is 366 g/mol. The number of hydrogen-bond donors (Lipinski definition) is 3. The van der Waals surface area contributed by atoms with E-state index in [9.17, 15) is 0 Å². The number of allylic oxidation sites excluding steroid dienone is 2. The van der Waals surface area contributed by atoms with Crippen molar-refractivity contribution in [2.24, 2.45) is 0 Å². The minimum absolute atomic E-state index is 0.894. The Morgan fingerprint density at radius 1 is 0.846 bits per heavy atom. The molecule has 0 fully saturated rings. The van der Waals surface area contributed by atoms with Gasteiger partial charge in [-0.25, -0.2) is 0 Å². The summed E-state index contributed by atoms with van der Waals surface area (Å²) in [6.07, 6.45) is 11.1. The molecule has 0 aromatic carbocycles. The summed E-state index contributed by atoms with van der Waals surface area (Å²) in [5.41, 5.74) is 0. The smallest absolute Gasteiger partial charge is 0.0269 e. The van der Waals surface area contributed by atoms with Crippen LogP contribution in [0.4, 0.5) is 0 Å². The molecule has 0 aliphatic rings. The van der Waals surface area contributed by atoms with E-state index in [2.05, 4.69) is 54.1 Å². The second kappa shape index (κ2) is 38.7. The van der Waals surface area contributed by atoms with E-state index in [1.54, 1.807) is 18.5 Å². The van der Waals surface area contributed by atoms with Crippen LogP contribution in [0.3, 0.4) is 0 Å². The normalized spacial score (nSPS) is 8.69. The van der Waals surface area contributed by atoms with Crippen molar-refractivity contribution < 1.29 is 0 Å². The molecule has 154 valence electrons. The molecule has 0 saturated carbocycles. The first kappa shape index (κ1) is 31.9. The Kier molecular flexibility index (Phi) is 47.5. The maximum atomic E-state index is 3.69. The molecule has 0 spiro atoms. The van der Waals surface area contributed by atoms with E-state index in [-0.39, 0.29) is 0 Å². The minimum Gasteiger partial charge on any atom is -0.390 e. The Bertz CT molecular complexity index is 299. The summed E-state index contributed by atoms with van der Waals surface area (Å²) in [6.45, 7) is 31.4. The van der Waals surface area contributed by atoms with Crippen LogP contribution >= 0.6 is 0 Å². The number of nitrogens with one attached hydrogen (secondary N) is 3. The van der Waals surface area contributed by atoms with Gasteiger partial charge in [0, 0.05) is 39.3 Å². The van der Waals surface area contributed by atoms with Gasteiger partial charge in [-0.3, -0.25) is 4.90 Å². The van der Waals surface area contributed by atoms with Crippen molar-refractivity contribution in [1.82, 2.24) is 20.9 Å². The first-order valence-corrected chi connectivity index (χ1v) is 9.76. The van der Waals surface area contributed by atoms with E-state index in [4.69, 9.17) is 0 Å². The summed E-state index contributed by atoms with van der Waals surface area (Å²) < 4.78 is 0. The lowest BCUT2D eigenvalue weighted by atomic mass is 10.4. The van der Waals surface area contributed by atoms with E-state index < -0.39 is 0 Å². The van der Waals surface area contributed by atoms with Crippen molar-refractivity contribution in [3.63, 3.8) is 0 Å². The molecule has 0 saturated heterocycles. The highest BCUT2D eigenvalue weighted by Crippen LogP contribution is 1.85. The predicted molar refractivity (Wildman–Crippen MR) is 124 cm³/mol. The van der Waals surface area contributed by atoms with Crippen LogP contribution in [0.25, 0.3) is 0 Å². The third-order valence-electron chi connectivity index (χ3n) is 2.68. The zero-order valence-corrected chi connectivity index (χ0v) is 18.2. The van der Waals surface area contributed by atoms with Gasteiger partial charge in [-0.1, -0.05) is 78.7 Å². The highest BCUT2D eigenvalue weighted by molar-refractivity contribution is 4.97. The van der Waals surface area contributed by atoms with Gasteiger partial charge >= 0.3 is 0 Å². The second-order valence-electron chi connectivity index (χ2n) is 4.37. The van der Waals surface area contributed by atoms with Crippen LogP contribution in [0.15, 0.2) is 63.0 Å². The number of nitrogens with zero attached hydrogens (tertiary/aromatic N) is 1. The SMILES string of the molecule is C=C/C=C/CNCCNC=C.C=CCN(CC)CCNC=C.CC.CC. The van der Waals surface area contributed by atoms with Crippen molar-refractivity contribution in [3.05, 3.63) is 63.0 Å². The van der Waals surface area contributed by atoms with Gasteiger partial charge in [0.2, 0.25) is 0 Å². The molecule has 0 aliphatic carbocycles. The molecule has 0 aromatic heterocycles. The molecule has 0 atom stereocenters. The second-order valence-corrected chi connectivity index (χ2v) is 4.37.